The van der Waals surface area contributed by atoms with Gasteiger partial charge in [0.25, 0.3) is 15.9 Å². The first-order valence-corrected chi connectivity index (χ1v) is 7.54. The highest BCUT2D eigenvalue weighted by atomic mass is 32.2. The van der Waals surface area contributed by atoms with Gasteiger partial charge in [-0.2, -0.15) is 0 Å². The van der Waals surface area contributed by atoms with Gasteiger partial charge < -0.3 is 5.32 Å². The number of hydrogen-bond acceptors (Lipinski definition) is 4. The van der Waals surface area contributed by atoms with Crippen LogP contribution in [-0.2, 0) is 14.8 Å². The Morgan fingerprint density at radius 2 is 1.85 bits per heavy atom. The second-order valence-electron chi connectivity index (χ2n) is 5.61. The number of benzene rings is 1. The highest BCUT2D eigenvalue weighted by Gasteiger charge is 2.41. The second kappa shape index (κ2) is 4.59. The first-order chi connectivity index (χ1) is 9.13. The van der Waals surface area contributed by atoms with Crippen LogP contribution in [0, 0.1) is 0 Å². The predicted octanol–water partition coefficient (Wildman–Crippen LogP) is 0.746. The van der Waals surface area contributed by atoms with Gasteiger partial charge in [0.15, 0.2) is 0 Å². The van der Waals surface area contributed by atoms with Crippen LogP contribution in [-0.4, -0.2) is 36.6 Å². The average Bonchev–Trinajstić information content (AvgIpc) is 2.49. The molecule has 1 aliphatic rings. The van der Waals surface area contributed by atoms with Gasteiger partial charge in [0.05, 0.1) is 5.56 Å². The van der Waals surface area contributed by atoms with Crippen LogP contribution in [0.5, 0.6) is 0 Å². The van der Waals surface area contributed by atoms with Crippen molar-refractivity contribution in [2.24, 2.45) is 0 Å². The zero-order chi connectivity index (χ0) is 15.1. The van der Waals surface area contributed by atoms with Crippen LogP contribution in [0.15, 0.2) is 29.2 Å². The van der Waals surface area contributed by atoms with Crippen LogP contribution in [0.3, 0.4) is 0 Å². The van der Waals surface area contributed by atoms with Crippen molar-refractivity contribution >= 4 is 21.8 Å². The number of rotatable bonds is 2. The van der Waals surface area contributed by atoms with Gasteiger partial charge in [0, 0.05) is 5.54 Å². The minimum Gasteiger partial charge on any atom is -0.350 e. The highest BCUT2D eigenvalue weighted by molar-refractivity contribution is 7.90. The number of nitrogens with zero attached hydrogens (tertiary/aromatic N) is 1. The first-order valence-electron chi connectivity index (χ1n) is 6.10. The molecule has 0 unspecified atom stereocenters. The van der Waals surface area contributed by atoms with Crippen molar-refractivity contribution in [2.75, 3.05) is 6.54 Å². The number of nitrogens with one attached hydrogen (secondary N) is 1. The van der Waals surface area contributed by atoms with Gasteiger partial charge in [0.2, 0.25) is 5.91 Å². The molecule has 2 rings (SSSR count). The summed E-state index contributed by atoms with van der Waals surface area (Å²) in [6, 6.07) is 5.94. The molecule has 0 saturated heterocycles. The van der Waals surface area contributed by atoms with Crippen LogP contribution in [0.4, 0.5) is 0 Å². The van der Waals surface area contributed by atoms with Crippen molar-refractivity contribution in [2.45, 2.75) is 31.2 Å². The Labute approximate surface area is 117 Å². The van der Waals surface area contributed by atoms with Gasteiger partial charge >= 0.3 is 0 Å². The van der Waals surface area contributed by atoms with E-state index < -0.39 is 33.9 Å². The molecule has 0 saturated carbocycles. The second-order valence-corrected chi connectivity index (χ2v) is 7.44. The number of amides is 2. The van der Waals surface area contributed by atoms with Gasteiger partial charge in [-0.1, -0.05) is 12.1 Å². The molecule has 20 heavy (non-hydrogen) atoms. The van der Waals surface area contributed by atoms with E-state index in [0.717, 1.165) is 0 Å². The molecule has 0 radical (unpaired) electrons. The Morgan fingerprint density at radius 3 is 2.40 bits per heavy atom. The standard InChI is InChI=1S/C13H16N2O4S/c1-13(2,3)14-11(16)8-15-12(17)9-6-4-5-7-10(9)20(15,18)19/h4-7H,8H2,1-3H3,(H,14,16). The molecule has 0 spiro atoms. The maximum atomic E-state index is 12.2. The summed E-state index contributed by atoms with van der Waals surface area (Å²) in [5, 5.41) is 2.63. The normalized spacial score (nSPS) is 16.9. The lowest BCUT2D eigenvalue weighted by Crippen LogP contribution is -2.47. The van der Waals surface area contributed by atoms with Crippen LogP contribution in [0.25, 0.3) is 0 Å². The molecule has 1 aliphatic heterocycles. The summed E-state index contributed by atoms with van der Waals surface area (Å²) in [7, 11) is -3.92. The lowest BCUT2D eigenvalue weighted by atomic mass is 10.1. The van der Waals surface area contributed by atoms with Gasteiger partial charge in [-0.3, -0.25) is 9.59 Å². The zero-order valence-corrected chi connectivity index (χ0v) is 12.3. The molecule has 108 valence electrons. The SMILES string of the molecule is CC(C)(C)NC(=O)CN1C(=O)c2ccccc2S1(=O)=O. The predicted molar refractivity (Wildman–Crippen MR) is 72.6 cm³/mol. The van der Waals surface area contributed by atoms with Crippen LogP contribution in [0.1, 0.15) is 31.1 Å². The molecule has 1 N–H and O–H groups in total. The van der Waals surface area contributed by atoms with Gasteiger partial charge in [-0.15, -0.1) is 0 Å². The molecule has 0 fully saturated rings. The van der Waals surface area contributed by atoms with E-state index in [-0.39, 0.29) is 10.5 Å². The smallest absolute Gasteiger partial charge is 0.269 e. The number of carbonyl (C=O) groups excluding carboxylic acids is 2. The Kier molecular flexibility index (Phi) is 3.33. The summed E-state index contributed by atoms with van der Waals surface area (Å²) in [5.41, 5.74) is -0.382. The van der Waals surface area contributed by atoms with Crippen LogP contribution in [0.2, 0.25) is 0 Å². The molecule has 7 heteroatoms. The van der Waals surface area contributed by atoms with E-state index in [0.29, 0.717) is 4.31 Å². The molecule has 1 heterocycles. The Hall–Kier alpha value is -1.89. The quantitative estimate of drug-likeness (QED) is 0.872. The molecular formula is C13H16N2O4S. The number of hydrogen-bond donors (Lipinski definition) is 1. The fourth-order valence-corrected chi connectivity index (χ4v) is 3.50. The minimum atomic E-state index is -3.92. The first kappa shape index (κ1) is 14.5. The van der Waals surface area contributed by atoms with Crippen molar-refractivity contribution in [3.05, 3.63) is 29.8 Å². The number of carbonyl (C=O) groups is 2. The molecule has 0 atom stereocenters. The Balaban J connectivity index is 2.28. The lowest BCUT2D eigenvalue weighted by molar-refractivity contribution is -0.122. The largest absolute Gasteiger partial charge is 0.350 e. The maximum Gasteiger partial charge on any atom is 0.269 e. The molecule has 0 aromatic heterocycles. The third-order valence-corrected chi connectivity index (χ3v) is 4.50. The van der Waals surface area contributed by atoms with E-state index in [4.69, 9.17) is 0 Å². The average molecular weight is 296 g/mol. The summed E-state index contributed by atoms with van der Waals surface area (Å²) in [4.78, 5) is 23.9. The summed E-state index contributed by atoms with van der Waals surface area (Å²) in [6.07, 6.45) is 0. The fraction of sp³-hybridized carbons (Fsp3) is 0.385. The van der Waals surface area contributed by atoms with Gasteiger partial charge in [0.1, 0.15) is 11.4 Å². The molecule has 2 amide bonds. The summed E-state index contributed by atoms with van der Waals surface area (Å²) in [5.74, 6) is -1.17. The maximum absolute atomic E-state index is 12.2. The Morgan fingerprint density at radius 1 is 1.25 bits per heavy atom. The number of fused-ring (bicyclic) bond motifs is 1. The van der Waals surface area contributed by atoms with E-state index in [9.17, 15) is 18.0 Å². The van der Waals surface area contributed by atoms with Gasteiger partial charge in [-0.25, -0.2) is 12.7 Å². The van der Waals surface area contributed by atoms with Crippen LogP contribution < -0.4 is 5.32 Å². The van der Waals surface area contributed by atoms with Crippen molar-refractivity contribution in [1.29, 1.82) is 0 Å². The highest BCUT2D eigenvalue weighted by Crippen LogP contribution is 2.29. The lowest BCUT2D eigenvalue weighted by Gasteiger charge is -2.22. The monoisotopic (exact) mass is 296 g/mol. The molecular weight excluding hydrogens is 280 g/mol. The molecule has 1 aromatic carbocycles. The Bertz CT molecular complexity index is 674. The summed E-state index contributed by atoms with van der Waals surface area (Å²) in [6.45, 7) is 4.83. The fourth-order valence-electron chi connectivity index (χ4n) is 1.98. The molecule has 6 nitrogen and oxygen atoms in total. The van der Waals surface area contributed by atoms with Crippen LogP contribution >= 0.6 is 0 Å². The third kappa shape index (κ3) is 2.53. The minimum absolute atomic E-state index is 0.0476. The van der Waals surface area contributed by atoms with E-state index in [1.165, 1.54) is 12.1 Å². The van der Waals surface area contributed by atoms with Crippen molar-refractivity contribution in [3.63, 3.8) is 0 Å². The third-order valence-electron chi connectivity index (χ3n) is 2.71. The van der Waals surface area contributed by atoms with E-state index in [1.54, 1.807) is 32.9 Å². The zero-order valence-electron chi connectivity index (χ0n) is 11.5. The topological polar surface area (TPSA) is 83.6 Å². The van der Waals surface area contributed by atoms with E-state index in [2.05, 4.69) is 5.32 Å². The van der Waals surface area contributed by atoms with Crippen molar-refractivity contribution in [1.82, 2.24) is 9.62 Å². The van der Waals surface area contributed by atoms with E-state index >= 15 is 0 Å². The molecule has 0 bridgehead atoms. The van der Waals surface area contributed by atoms with E-state index in [1.807, 2.05) is 0 Å². The number of sulfonamides is 1. The van der Waals surface area contributed by atoms with Gasteiger partial charge in [-0.05, 0) is 32.9 Å². The molecule has 0 aliphatic carbocycles. The van der Waals surface area contributed by atoms with Crippen molar-refractivity contribution < 1.29 is 18.0 Å². The summed E-state index contributed by atoms with van der Waals surface area (Å²) >= 11 is 0. The van der Waals surface area contributed by atoms with Crippen molar-refractivity contribution in [3.8, 4) is 0 Å². The summed E-state index contributed by atoms with van der Waals surface area (Å²) < 4.78 is 25.1. The molecule has 1 aromatic rings.